The maximum absolute atomic E-state index is 12.0. The largest absolute Gasteiger partial charge is 0.462 e. The van der Waals surface area contributed by atoms with Crippen LogP contribution in [0, 0.1) is 0 Å². The molecule has 118 valence electrons. The van der Waals surface area contributed by atoms with Crippen LogP contribution in [0.15, 0.2) is 0 Å². The van der Waals surface area contributed by atoms with Crippen LogP contribution in [0.5, 0.6) is 0 Å². The van der Waals surface area contributed by atoms with Crippen molar-refractivity contribution in [3.8, 4) is 0 Å². The van der Waals surface area contributed by atoms with Crippen LogP contribution in [-0.4, -0.2) is 50.8 Å². The van der Waals surface area contributed by atoms with Gasteiger partial charge in [-0.05, 0) is 27.7 Å². The first-order valence-corrected chi connectivity index (χ1v) is 8.02. The molecule has 0 heterocycles. The van der Waals surface area contributed by atoms with Crippen LogP contribution in [-0.2, 0) is 32.6 Å². The summed E-state index contributed by atoms with van der Waals surface area (Å²) in [5.41, 5.74) is 0. The number of carbonyl (C=O) groups excluding carboxylic acids is 2. The fraction of sp³-hybridized carbons (Fsp3) is 0.750. The van der Waals surface area contributed by atoms with Crippen molar-refractivity contribution in [1.29, 1.82) is 0 Å². The van der Waals surface area contributed by atoms with Gasteiger partial charge in [0.1, 0.15) is 0 Å². The zero-order valence-electron chi connectivity index (χ0n) is 12.6. The summed E-state index contributed by atoms with van der Waals surface area (Å²) in [7, 11) is -1.97. The fourth-order valence-electron chi connectivity index (χ4n) is 1.41. The summed E-state index contributed by atoms with van der Waals surface area (Å²) >= 11 is 0. The van der Waals surface area contributed by atoms with E-state index in [0.717, 1.165) is 0 Å². The van der Waals surface area contributed by atoms with Gasteiger partial charge in [-0.25, -0.2) is 9.59 Å². The minimum absolute atomic E-state index is 0.115. The first-order valence-electron chi connectivity index (χ1n) is 6.48. The molecule has 8 heteroatoms. The van der Waals surface area contributed by atoms with Crippen molar-refractivity contribution >= 4 is 24.8 Å². The van der Waals surface area contributed by atoms with Gasteiger partial charge in [0.05, 0.1) is 26.4 Å². The van der Waals surface area contributed by atoms with Gasteiger partial charge >= 0.3 is 11.9 Å². The lowest BCUT2D eigenvalue weighted by Crippen LogP contribution is -2.31. The molecule has 0 atom stereocenters. The van der Waals surface area contributed by atoms with E-state index in [2.05, 4.69) is 0 Å². The molecule has 0 amide bonds. The topological polar surface area (TPSA) is 80.3 Å². The van der Waals surface area contributed by atoms with Crippen LogP contribution in [0.25, 0.3) is 0 Å². The van der Waals surface area contributed by atoms with Gasteiger partial charge in [-0.3, -0.25) is 0 Å². The number of hydrogen-bond donors (Lipinski definition) is 0. The van der Waals surface area contributed by atoms with Crippen molar-refractivity contribution in [2.24, 2.45) is 0 Å². The van der Waals surface area contributed by atoms with Crippen LogP contribution in [0.2, 0.25) is 0 Å². The normalized spacial score (nSPS) is 11.1. The summed E-state index contributed by atoms with van der Waals surface area (Å²) in [5, 5.41) is -0.354. The van der Waals surface area contributed by atoms with Gasteiger partial charge in [0.2, 0.25) is 5.29 Å². The molecule has 0 saturated heterocycles. The summed E-state index contributed by atoms with van der Waals surface area (Å²) in [5.74, 6) is -1.69. The first-order chi connectivity index (χ1) is 9.52. The predicted octanol–water partition coefficient (Wildman–Crippen LogP) is 1.77. The quantitative estimate of drug-likeness (QED) is 0.365. The highest BCUT2D eigenvalue weighted by Crippen LogP contribution is 2.52. The number of esters is 2. The van der Waals surface area contributed by atoms with Gasteiger partial charge in [-0.15, -0.1) is 0 Å². The molecule has 0 aliphatic heterocycles. The van der Waals surface area contributed by atoms with E-state index in [1.807, 2.05) is 0 Å². The van der Waals surface area contributed by atoms with E-state index in [4.69, 9.17) is 23.0 Å². The van der Waals surface area contributed by atoms with Crippen molar-refractivity contribution in [1.82, 2.24) is 0 Å². The van der Waals surface area contributed by atoms with Crippen LogP contribution in [0.4, 0.5) is 0 Å². The number of carbonyl (C=O) groups is 2. The number of hydrogen-bond acceptors (Lipinski definition) is 7. The Morgan fingerprint density at radius 3 is 1.45 bits per heavy atom. The molecule has 0 unspecified atom stereocenters. The Morgan fingerprint density at radius 2 is 1.20 bits per heavy atom. The molecule has 0 aromatic heterocycles. The molecule has 7 nitrogen and oxygen atoms in total. The minimum atomic E-state index is -3.29. The third kappa shape index (κ3) is 4.90. The summed E-state index contributed by atoms with van der Waals surface area (Å²) in [6, 6.07) is 0. The van der Waals surface area contributed by atoms with Crippen LogP contribution in [0.1, 0.15) is 27.7 Å². The van der Waals surface area contributed by atoms with Crippen molar-refractivity contribution in [2.45, 2.75) is 27.7 Å². The van der Waals surface area contributed by atoms with E-state index >= 15 is 0 Å². The summed E-state index contributed by atoms with van der Waals surface area (Å²) in [6.07, 6.45) is 0. The molecule has 0 rings (SSSR count). The van der Waals surface area contributed by atoms with E-state index in [-0.39, 0.29) is 31.7 Å². The molecule has 0 aromatic rings. The highest BCUT2D eigenvalue weighted by molar-refractivity contribution is 7.67. The maximum atomic E-state index is 12.0. The van der Waals surface area contributed by atoms with E-state index in [9.17, 15) is 9.59 Å². The van der Waals surface area contributed by atoms with Gasteiger partial charge in [0, 0.05) is 7.11 Å². The average Bonchev–Trinajstić information content (AvgIpc) is 2.39. The molecule has 0 radical (unpaired) electrons. The van der Waals surface area contributed by atoms with Gasteiger partial charge < -0.3 is 23.0 Å². The van der Waals surface area contributed by atoms with E-state index in [1.165, 1.54) is 7.11 Å². The van der Waals surface area contributed by atoms with Crippen LogP contribution >= 0.6 is 7.57 Å². The van der Waals surface area contributed by atoms with Crippen molar-refractivity contribution in [3.63, 3.8) is 0 Å². The van der Waals surface area contributed by atoms with E-state index in [0.29, 0.717) is 0 Å². The Bertz CT molecular complexity index is 348. The molecule has 0 fully saturated rings. The summed E-state index contributed by atoms with van der Waals surface area (Å²) in [4.78, 5) is 24.1. The van der Waals surface area contributed by atoms with Gasteiger partial charge in [0.25, 0.3) is 7.57 Å². The van der Waals surface area contributed by atoms with Crippen molar-refractivity contribution < 1.29 is 32.6 Å². The lowest BCUT2D eigenvalue weighted by Gasteiger charge is -2.25. The highest BCUT2D eigenvalue weighted by atomic mass is 31.2. The monoisotopic (exact) mass is 310 g/mol. The molecular formula is C12H23O7P. The fourth-order valence-corrected chi connectivity index (χ4v) is 3.39. The third-order valence-electron chi connectivity index (χ3n) is 2.05. The Kier molecular flexibility index (Phi) is 9.50. The van der Waals surface area contributed by atoms with E-state index < -0.39 is 19.5 Å². The first kappa shape index (κ1) is 19.1. The second-order valence-corrected chi connectivity index (χ2v) is 5.63. The Morgan fingerprint density at radius 1 is 0.800 bits per heavy atom. The van der Waals surface area contributed by atoms with Gasteiger partial charge in [0.15, 0.2) is 0 Å². The average molecular weight is 310 g/mol. The molecule has 0 spiro atoms. The number of ether oxygens (including phenoxy) is 2. The molecule has 0 N–H and O–H groups in total. The molecule has 0 aromatic carbocycles. The molecule has 0 aliphatic carbocycles. The summed E-state index contributed by atoms with van der Waals surface area (Å²) in [6.45, 7) is 7.34. The highest BCUT2D eigenvalue weighted by Gasteiger charge is 2.37. The minimum Gasteiger partial charge on any atom is -0.462 e. The van der Waals surface area contributed by atoms with Gasteiger partial charge in [-0.2, -0.15) is 0 Å². The van der Waals surface area contributed by atoms with Gasteiger partial charge in [-0.1, -0.05) is 0 Å². The summed E-state index contributed by atoms with van der Waals surface area (Å²) < 4.78 is 25.9. The van der Waals surface area contributed by atoms with Crippen LogP contribution in [0.3, 0.4) is 0 Å². The molecular weight excluding hydrogens is 287 g/mol. The van der Waals surface area contributed by atoms with Crippen molar-refractivity contribution in [2.75, 3.05) is 33.5 Å². The Labute approximate surface area is 119 Å². The SMILES string of the molecule is CCOC(=O)C(C(=O)OCC)=P(OC)(OCC)OCC. The smallest absolute Gasteiger partial charge is 0.352 e. The second-order valence-electron chi connectivity index (χ2n) is 3.31. The van der Waals surface area contributed by atoms with Crippen LogP contribution < -0.4 is 0 Å². The Hall–Kier alpha value is -0.880. The second kappa shape index (κ2) is 9.94. The van der Waals surface area contributed by atoms with E-state index in [1.54, 1.807) is 27.7 Å². The maximum Gasteiger partial charge on any atom is 0.352 e. The standard InChI is InChI=1S/C12H23O7P/c1-6-16-11(13)10(12(14)17-7-2)20(15-5,18-8-3)19-9-4/h6-9H2,1-5H3. The lowest BCUT2D eigenvalue weighted by molar-refractivity contribution is -0.140. The van der Waals surface area contributed by atoms with Crippen molar-refractivity contribution in [3.05, 3.63) is 0 Å². The molecule has 20 heavy (non-hydrogen) atoms. The zero-order chi connectivity index (χ0) is 15.6. The molecule has 0 bridgehead atoms. The predicted molar refractivity (Wildman–Crippen MR) is 75.5 cm³/mol. The molecule has 0 saturated carbocycles. The molecule has 0 aliphatic rings. The Balaban J connectivity index is 5.95. The number of rotatable bonds is 9. The third-order valence-corrected chi connectivity index (χ3v) is 4.64. The lowest BCUT2D eigenvalue weighted by atomic mass is 10.4. The zero-order valence-corrected chi connectivity index (χ0v) is 13.5.